The Kier molecular flexibility index (Phi) is 5.53. The van der Waals surface area contributed by atoms with Crippen LogP contribution in [0.5, 0.6) is 5.75 Å². The third kappa shape index (κ3) is 3.71. The number of methoxy groups -OCH3 is 1. The fourth-order valence-electron chi connectivity index (χ4n) is 2.15. The summed E-state index contributed by atoms with van der Waals surface area (Å²) in [5.41, 5.74) is 1.61. The van der Waals surface area contributed by atoms with Crippen molar-refractivity contribution in [3.05, 3.63) is 58.6 Å². The Hall–Kier alpha value is -1.65. The molecule has 3 nitrogen and oxygen atoms in total. The minimum Gasteiger partial charge on any atom is -0.495 e. The molecule has 0 aliphatic rings. The first-order valence-corrected chi connectivity index (χ1v) is 7.22. The molecule has 0 saturated heterocycles. The molecule has 0 radical (unpaired) electrons. The van der Waals surface area contributed by atoms with E-state index in [0.717, 1.165) is 24.2 Å². The van der Waals surface area contributed by atoms with Crippen molar-refractivity contribution in [2.45, 2.75) is 19.4 Å². The standard InChI is InChI=1S/C16H18ClFN2O/c1-3-8-19-15(11-6-7-13(18)12(17)10-11)16-14(21-2)5-4-9-20-16/h4-7,9-10,15,19H,3,8H2,1-2H3. The topological polar surface area (TPSA) is 34.2 Å². The summed E-state index contributed by atoms with van der Waals surface area (Å²) in [5, 5.41) is 3.50. The van der Waals surface area contributed by atoms with Crippen LogP contribution in [0.1, 0.15) is 30.6 Å². The van der Waals surface area contributed by atoms with Crippen molar-refractivity contribution in [1.29, 1.82) is 0 Å². The summed E-state index contributed by atoms with van der Waals surface area (Å²) in [4.78, 5) is 4.41. The molecule has 0 bridgehead atoms. The number of nitrogens with one attached hydrogen (secondary N) is 1. The summed E-state index contributed by atoms with van der Waals surface area (Å²) >= 11 is 5.90. The van der Waals surface area contributed by atoms with Gasteiger partial charge >= 0.3 is 0 Å². The van der Waals surface area contributed by atoms with E-state index >= 15 is 0 Å². The first-order chi connectivity index (χ1) is 10.2. The number of benzene rings is 1. The van der Waals surface area contributed by atoms with Gasteiger partial charge in [-0.05, 0) is 42.8 Å². The van der Waals surface area contributed by atoms with Gasteiger partial charge in [0.05, 0.1) is 18.2 Å². The second-order valence-corrected chi connectivity index (χ2v) is 5.06. The van der Waals surface area contributed by atoms with Crippen molar-refractivity contribution < 1.29 is 9.13 Å². The molecule has 1 aromatic heterocycles. The van der Waals surface area contributed by atoms with E-state index in [9.17, 15) is 4.39 Å². The zero-order valence-electron chi connectivity index (χ0n) is 12.1. The predicted molar refractivity (Wildman–Crippen MR) is 82.3 cm³/mol. The highest BCUT2D eigenvalue weighted by Crippen LogP contribution is 2.30. The van der Waals surface area contributed by atoms with Crippen LogP contribution in [0, 0.1) is 5.82 Å². The van der Waals surface area contributed by atoms with E-state index in [2.05, 4.69) is 17.2 Å². The van der Waals surface area contributed by atoms with E-state index in [0.29, 0.717) is 5.75 Å². The third-order valence-corrected chi connectivity index (χ3v) is 3.46. The number of ether oxygens (including phenoxy) is 1. The third-order valence-electron chi connectivity index (χ3n) is 3.17. The SMILES string of the molecule is CCCNC(c1ccc(F)c(Cl)c1)c1ncccc1OC. The molecule has 0 saturated carbocycles. The first-order valence-electron chi connectivity index (χ1n) is 6.84. The summed E-state index contributed by atoms with van der Waals surface area (Å²) in [6.07, 6.45) is 2.68. The number of hydrogen-bond donors (Lipinski definition) is 1. The summed E-state index contributed by atoms with van der Waals surface area (Å²) in [7, 11) is 1.61. The molecule has 1 N–H and O–H groups in total. The molecule has 5 heteroatoms. The highest BCUT2D eigenvalue weighted by Gasteiger charge is 2.20. The molecular weight excluding hydrogens is 291 g/mol. The number of pyridine rings is 1. The van der Waals surface area contributed by atoms with Gasteiger partial charge in [-0.15, -0.1) is 0 Å². The Morgan fingerprint density at radius 3 is 2.86 bits per heavy atom. The van der Waals surface area contributed by atoms with Gasteiger partial charge in [0.15, 0.2) is 0 Å². The molecule has 1 heterocycles. The lowest BCUT2D eigenvalue weighted by molar-refractivity contribution is 0.399. The zero-order chi connectivity index (χ0) is 15.2. The van der Waals surface area contributed by atoms with E-state index in [4.69, 9.17) is 16.3 Å². The largest absolute Gasteiger partial charge is 0.495 e. The van der Waals surface area contributed by atoms with Crippen LogP contribution >= 0.6 is 11.6 Å². The van der Waals surface area contributed by atoms with Crippen molar-refractivity contribution in [2.75, 3.05) is 13.7 Å². The van der Waals surface area contributed by atoms with Crippen molar-refractivity contribution in [2.24, 2.45) is 0 Å². The van der Waals surface area contributed by atoms with Crippen LogP contribution in [-0.2, 0) is 0 Å². The lowest BCUT2D eigenvalue weighted by Crippen LogP contribution is -2.24. The van der Waals surface area contributed by atoms with Crippen LogP contribution in [0.25, 0.3) is 0 Å². The van der Waals surface area contributed by atoms with Gasteiger partial charge < -0.3 is 10.1 Å². The predicted octanol–water partition coefficient (Wildman–Crippen LogP) is 3.97. The molecule has 0 aliphatic carbocycles. The molecule has 0 fully saturated rings. The second-order valence-electron chi connectivity index (χ2n) is 4.65. The smallest absolute Gasteiger partial charge is 0.142 e. The molecule has 0 aliphatic heterocycles. The van der Waals surface area contributed by atoms with Gasteiger partial charge in [0.2, 0.25) is 0 Å². The van der Waals surface area contributed by atoms with Crippen molar-refractivity contribution in [1.82, 2.24) is 10.3 Å². The van der Waals surface area contributed by atoms with Crippen LogP contribution in [0.3, 0.4) is 0 Å². The maximum absolute atomic E-state index is 13.4. The van der Waals surface area contributed by atoms with Crippen LogP contribution < -0.4 is 10.1 Å². The maximum atomic E-state index is 13.4. The first kappa shape index (κ1) is 15.7. The lowest BCUT2D eigenvalue weighted by atomic mass is 10.0. The van der Waals surface area contributed by atoms with Gasteiger partial charge in [0.25, 0.3) is 0 Å². The van der Waals surface area contributed by atoms with Crippen molar-refractivity contribution >= 4 is 11.6 Å². The Labute approximate surface area is 129 Å². The fraction of sp³-hybridized carbons (Fsp3) is 0.312. The van der Waals surface area contributed by atoms with Crippen LogP contribution in [-0.4, -0.2) is 18.6 Å². The van der Waals surface area contributed by atoms with E-state index in [-0.39, 0.29) is 11.1 Å². The molecule has 0 amide bonds. The highest BCUT2D eigenvalue weighted by molar-refractivity contribution is 6.30. The van der Waals surface area contributed by atoms with Gasteiger partial charge in [-0.3, -0.25) is 4.98 Å². The highest BCUT2D eigenvalue weighted by atomic mass is 35.5. The minimum absolute atomic E-state index is 0.102. The molecule has 2 rings (SSSR count). The molecule has 1 atom stereocenters. The molecule has 21 heavy (non-hydrogen) atoms. The zero-order valence-corrected chi connectivity index (χ0v) is 12.8. The Bertz CT molecular complexity index is 607. The molecule has 1 aromatic carbocycles. The number of rotatable bonds is 6. The van der Waals surface area contributed by atoms with Crippen molar-refractivity contribution in [3.8, 4) is 5.75 Å². The van der Waals surface area contributed by atoms with Gasteiger partial charge in [0.1, 0.15) is 17.3 Å². The molecular formula is C16H18ClFN2O. The Morgan fingerprint density at radius 2 is 2.19 bits per heavy atom. The summed E-state index contributed by atoms with van der Waals surface area (Å²) in [6.45, 7) is 2.89. The van der Waals surface area contributed by atoms with Gasteiger partial charge in [0, 0.05) is 6.20 Å². The average molecular weight is 309 g/mol. The second kappa shape index (κ2) is 7.38. The minimum atomic E-state index is -0.428. The maximum Gasteiger partial charge on any atom is 0.142 e. The monoisotopic (exact) mass is 308 g/mol. The number of hydrogen-bond acceptors (Lipinski definition) is 3. The average Bonchev–Trinajstić information content (AvgIpc) is 2.51. The van der Waals surface area contributed by atoms with Gasteiger partial charge in [-0.2, -0.15) is 0 Å². The number of halogens is 2. The molecule has 0 spiro atoms. The fourth-order valence-corrected chi connectivity index (χ4v) is 2.33. The van der Waals surface area contributed by atoms with E-state index < -0.39 is 5.82 Å². The Balaban J connectivity index is 2.44. The van der Waals surface area contributed by atoms with Crippen LogP contribution in [0.15, 0.2) is 36.5 Å². The van der Waals surface area contributed by atoms with Crippen LogP contribution in [0.2, 0.25) is 5.02 Å². The van der Waals surface area contributed by atoms with E-state index in [1.165, 1.54) is 6.07 Å². The molecule has 1 unspecified atom stereocenters. The van der Waals surface area contributed by atoms with Crippen LogP contribution in [0.4, 0.5) is 4.39 Å². The lowest BCUT2D eigenvalue weighted by Gasteiger charge is -2.21. The van der Waals surface area contributed by atoms with Gasteiger partial charge in [-0.25, -0.2) is 4.39 Å². The quantitative estimate of drug-likeness (QED) is 0.876. The number of nitrogens with zero attached hydrogens (tertiary/aromatic N) is 1. The van der Waals surface area contributed by atoms with E-state index in [1.807, 2.05) is 12.1 Å². The summed E-state index contributed by atoms with van der Waals surface area (Å²) < 4.78 is 18.7. The normalized spacial score (nSPS) is 12.2. The summed E-state index contributed by atoms with van der Waals surface area (Å²) in [5.74, 6) is 0.259. The van der Waals surface area contributed by atoms with Crippen molar-refractivity contribution in [3.63, 3.8) is 0 Å². The molecule has 112 valence electrons. The van der Waals surface area contributed by atoms with Gasteiger partial charge in [-0.1, -0.05) is 24.6 Å². The number of aromatic nitrogens is 1. The molecule has 2 aromatic rings. The Morgan fingerprint density at radius 1 is 1.38 bits per heavy atom. The van der Waals surface area contributed by atoms with E-state index in [1.54, 1.807) is 25.4 Å². The summed E-state index contributed by atoms with van der Waals surface area (Å²) in [6, 6.07) is 8.18.